The van der Waals surface area contributed by atoms with Crippen LogP contribution in [-0.2, 0) is 6.61 Å². The van der Waals surface area contributed by atoms with Crippen LogP contribution in [0.4, 0.5) is 22.0 Å². The molecule has 3 N–H and O–H groups in total. The molecule has 0 aliphatic carbocycles. The third kappa shape index (κ3) is 3.24. The number of benzene rings is 2. The van der Waals surface area contributed by atoms with Crippen molar-refractivity contribution in [3.63, 3.8) is 0 Å². The molecule has 0 unspecified atom stereocenters. The third-order valence-corrected chi connectivity index (χ3v) is 2.87. The van der Waals surface area contributed by atoms with E-state index in [1.165, 1.54) is 24.3 Å². The van der Waals surface area contributed by atoms with Gasteiger partial charge in [-0.15, -0.1) is 0 Å². The van der Waals surface area contributed by atoms with Crippen molar-refractivity contribution in [2.75, 3.05) is 0 Å². The molecule has 2 rings (SSSR count). The summed E-state index contributed by atoms with van der Waals surface area (Å²) in [6, 6.07) is 5.56. The van der Waals surface area contributed by atoms with Crippen LogP contribution in [0.5, 0.6) is 5.75 Å². The maximum Gasteiger partial charge on any atom is 0.265 e. The summed E-state index contributed by atoms with van der Waals surface area (Å²) in [4.78, 5) is 11.3. The van der Waals surface area contributed by atoms with Crippen LogP contribution in [0.25, 0.3) is 0 Å². The van der Waals surface area contributed by atoms with Gasteiger partial charge >= 0.3 is 0 Å². The molecule has 0 saturated carbocycles. The van der Waals surface area contributed by atoms with Crippen LogP contribution in [0.2, 0.25) is 0 Å². The summed E-state index contributed by atoms with van der Waals surface area (Å²) in [7, 11) is 0. The summed E-state index contributed by atoms with van der Waals surface area (Å²) >= 11 is 0. The second-order valence-corrected chi connectivity index (χ2v) is 4.36. The fourth-order valence-corrected chi connectivity index (χ4v) is 1.75. The third-order valence-electron chi connectivity index (χ3n) is 2.87. The van der Waals surface area contributed by atoms with E-state index in [2.05, 4.69) is 4.74 Å². The van der Waals surface area contributed by atoms with E-state index >= 15 is 0 Å². The summed E-state index contributed by atoms with van der Waals surface area (Å²) in [6.07, 6.45) is 0. The molecule has 0 radical (unpaired) electrons. The van der Waals surface area contributed by atoms with Gasteiger partial charge in [0.25, 0.3) is 5.91 Å². The van der Waals surface area contributed by atoms with E-state index in [0.29, 0.717) is 0 Å². The highest BCUT2D eigenvalue weighted by Gasteiger charge is 2.27. The van der Waals surface area contributed by atoms with Crippen molar-refractivity contribution in [3.05, 3.63) is 64.5 Å². The zero-order valence-corrected chi connectivity index (χ0v) is 11.3. The van der Waals surface area contributed by atoms with Crippen LogP contribution < -0.4 is 16.0 Å². The Balaban J connectivity index is 2.27. The lowest BCUT2D eigenvalue weighted by atomic mass is 10.1. The molecule has 0 fully saturated rings. The van der Waals surface area contributed by atoms with Gasteiger partial charge in [0.2, 0.25) is 29.1 Å². The summed E-state index contributed by atoms with van der Waals surface area (Å²) in [5, 5.41) is 0. The molecule has 0 aromatic heterocycles. The Morgan fingerprint density at radius 2 is 1.57 bits per heavy atom. The van der Waals surface area contributed by atoms with Gasteiger partial charge in [-0.1, -0.05) is 12.1 Å². The Kier molecular flexibility index (Phi) is 4.80. The average Bonchev–Trinajstić information content (AvgIpc) is 2.57. The van der Waals surface area contributed by atoms with E-state index in [4.69, 9.17) is 5.84 Å². The zero-order valence-electron chi connectivity index (χ0n) is 11.3. The Hall–Kier alpha value is -2.68. The molecular formula is C14H9F5N2O2. The van der Waals surface area contributed by atoms with E-state index in [1.54, 1.807) is 0 Å². The topological polar surface area (TPSA) is 64.3 Å². The van der Waals surface area contributed by atoms with E-state index in [9.17, 15) is 26.7 Å². The monoisotopic (exact) mass is 332 g/mol. The summed E-state index contributed by atoms with van der Waals surface area (Å²) < 4.78 is 70.5. The second kappa shape index (κ2) is 6.61. The molecule has 0 atom stereocenters. The van der Waals surface area contributed by atoms with Gasteiger partial charge in [-0.2, -0.15) is 8.78 Å². The van der Waals surface area contributed by atoms with Crippen molar-refractivity contribution in [2.24, 2.45) is 5.84 Å². The Labute approximate surface area is 126 Å². The Bertz CT molecular complexity index is 738. The lowest BCUT2D eigenvalue weighted by Gasteiger charge is -2.11. The van der Waals surface area contributed by atoms with Gasteiger partial charge in [-0.25, -0.2) is 19.0 Å². The van der Waals surface area contributed by atoms with Crippen LogP contribution in [0.1, 0.15) is 15.9 Å². The molecular weight excluding hydrogens is 323 g/mol. The quantitative estimate of drug-likeness (QED) is 0.226. The Morgan fingerprint density at radius 3 is 2.13 bits per heavy atom. The highest BCUT2D eigenvalue weighted by Crippen LogP contribution is 2.29. The standard InChI is InChI=1S/C14H9F5N2O2/c15-8-9(16)11(18)13(12(19)10(8)17)23-5-6-2-1-3-7(4-6)14(22)21-20/h1-4H,5,20H2,(H,21,22). The van der Waals surface area contributed by atoms with Crippen LogP contribution in [0, 0.1) is 29.1 Å². The maximum atomic E-state index is 13.4. The SMILES string of the molecule is NNC(=O)c1cccc(COc2c(F)c(F)c(F)c(F)c2F)c1. The van der Waals surface area contributed by atoms with E-state index < -0.39 is 47.3 Å². The van der Waals surface area contributed by atoms with E-state index in [0.717, 1.165) is 0 Å². The number of hydrogen-bond acceptors (Lipinski definition) is 3. The highest BCUT2D eigenvalue weighted by atomic mass is 19.2. The van der Waals surface area contributed by atoms with E-state index in [1.807, 2.05) is 5.43 Å². The van der Waals surface area contributed by atoms with Crippen molar-refractivity contribution in [1.82, 2.24) is 5.43 Å². The van der Waals surface area contributed by atoms with Crippen molar-refractivity contribution >= 4 is 5.91 Å². The molecule has 122 valence electrons. The largest absolute Gasteiger partial charge is 0.483 e. The number of rotatable bonds is 4. The molecule has 23 heavy (non-hydrogen) atoms. The van der Waals surface area contributed by atoms with Gasteiger partial charge in [-0.3, -0.25) is 10.2 Å². The molecule has 2 aromatic rings. The molecule has 1 amide bonds. The second-order valence-electron chi connectivity index (χ2n) is 4.36. The Morgan fingerprint density at radius 1 is 1.00 bits per heavy atom. The first-order valence-corrected chi connectivity index (χ1v) is 6.11. The van der Waals surface area contributed by atoms with E-state index in [-0.39, 0.29) is 11.1 Å². The number of nitrogens with two attached hydrogens (primary N) is 1. The summed E-state index contributed by atoms with van der Waals surface area (Å²) in [6.45, 7) is -0.524. The van der Waals surface area contributed by atoms with Gasteiger partial charge in [0.15, 0.2) is 5.75 Å². The molecule has 0 aliphatic rings. The minimum atomic E-state index is -2.27. The predicted molar refractivity (Wildman–Crippen MR) is 68.7 cm³/mol. The average molecular weight is 332 g/mol. The zero-order chi connectivity index (χ0) is 17.1. The number of nitrogens with one attached hydrogen (secondary N) is 1. The molecule has 9 heteroatoms. The first-order valence-electron chi connectivity index (χ1n) is 6.11. The number of nitrogen functional groups attached to an aromatic ring is 1. The van der Waals surface area contributed by atoms with Crippen molar-refractivity contribution < 1.29 is 31.5 Å². The number of carbonyl (C=O) groups is 1. The lowest BCUT2D eigenvalue weighted by Crippen LogP contribution is -2.30. The fraction of sp³-hybridized carbons (Fsp3) is 0.0714. The van der Waals surface area contributed by atoms with Gasteiger partial charge in [0.05, 0.1) is 0 Å². The molecule has 2 aromatic carbocycles. The summed E-state index contributed by atoms with van der Waals surface area (Å²) in [5.74, 6) is -7.67. The molecule has 4 nitrogen and oxygen atoms in total. The normalized spacial score (nSPS) is 10.5. The predicted octanol–water partition coefficient (Wildman–Crippen LogP) is 2.56. The number of hydrazine groups is 1. The molecule has 0 bridgehead atoms. The molecule has 0 aliphatic heterocycles. The smallest absolute Gasteiger partial charge is 0.265 e. The highest BCUT2D eigenvalue weighted by molar-refractivity contribution is 5.93. The van der Waals surface area contributed by atoms with Crippen molar-refractivity contribution in [3.8, 4) is 5.75 Å². The van der Waals surface area contributed by atoms with Crippen molar-refractivity contribution in [1.29, 1.82) is 0 Å². The minimum absolute atomic E-state index is 0.131. The van der Waals surface area contributed by atoms with Crippen LogP contribution in [0.3, 0.4) is 0 Å². The molecule has 0 saturated heterocycles. The maximum absolute atomic E-state index is 13.4. The van der Waals surface area contributed by atoms with Gasteiger partial charge < -0.3 is 4.74 Å². The van der Waals surface area contributed by atoms with Crippen molar-refractivity contribution in [2.45, 2.75) is 6.61 Å². The number of ether oxygens (including phenoxy) is 1. The number of amides is 1. The first-order chi connectivity index (χ1) is 10.9. The van der Waals surface area contributed by atoms with Gasteiger partial charge in [-0.05, 0) is 17.7 Å². The molecule has 0 spiro atoms. The lowest BCUT2D eigenvalue weighted by molar-refractivity contribution is 0.0953. The van der Waals surface area contributed by atoms with Crippen LogP contribution >= 0.6 is 0 Å². The fourth-order valence-electron chi connectivity index (χ4n) is 1.75. The minimum Gasteiger partial charge on any atom is -0.483 e. The van der Waals surface area contributed by atoms with Crippen LogP contribution in [-0.4, -0.2) is 5.91 Å². The van der Waals surface area contributed by atoms with Crippen LogP contribution in [0.15, 0.2) is 24.3 Å². The van der Waals surface area contributed by atoms with Gasteiger partial charge in [0, 0.05) is 5.56 Å². The van der Waals surface area contributed by atoms with Gasteiger partial charge in [0.1, 0.15) is 6.61 Å². The number of hydrogen-bond donors (Lipinski definition) is 2. The summed E-state index contributed by atoms with van der Waals surface area (Å²) in [5.41, 5.74) is 2.27. The first kappa shape index (κ1) is 16.7. The number of halogens is 5. The number of carbonyl (C=O) groups excluding carboxylic acids is 1. The molecule has 0 heterocycles.